The molecule has 3 nitrogen and oxygen atoms in total. The van der Waals surface area contributed by atoms with Gasteiger partial charge in [-0.25, -0.2) is 0 Å². The van der Waals surface area contributed by atoms with Gasteiger partial charge in [-0.1, -0.05) is 76.9 Å². The van der Waals surface area contributed by atoms with Crippen molar-refractivity contribution in [2.45, 2.75) is 96.8 Å². The minimum absolute atomic E-state index is 0.590. The quantitative estimate of drug-likeness (QED) is 0.202. The number of nitrogens with two attached hydrogens (primary N) is 1. The first kappa shape index (κ1) is 24.6. The molecule has 0 atom stereocenters. The topological polar surface area (TPSA) is 44.5 Å². The number of ether oxygens (including phenoxy) is 2. The van der Waals surface area contributed by atoms with Crippen molar-refractivity contribution >= 4 is 0 Å². The summed E-state index contributed by atoms with van der Waals surface area (Å²) in [4.78, 5) is 0. The summed E-state index contributed by atoms with van der Waals surface area (Å²) in [5.74, 6) is 0. The third kappa shape index (κ3) is 23.6. The highest BCUT2D eigenvalue weighted by Gasteiger charge is 1.92. The minimum Gasteiger partial charge on any atom is -0.379 e. The highest BCUT2D eigenvalue weighted by atomic mass is 16.5. The molecule has 0 saturated carbocycles. The van der Waals surface area contributed by atoms with Gasteiger partial charge in [0.15, 0.2) is 0 Å². The molecule has 0 aliphatic rings. The van der Waals surface area contributed by atoms with Gasteiger partial charge in [-0.05, 0) is 32.1 Å². The van der Waals surface area contributed by atoms with E-state index in [1.54, 1.807) is 0 Å². The fourth-order valence-corrected chi connectivity index (χ4v) is 2.86. The molecule has 0 saturated heterocycles. The predicted octanol–water partition coefficient (Wildman–Crippen LogP) is 6.02. The van der Waals surface area contributed by atoms with Gasteiger partial charge < -0.3 is 15.2 Å². The molecule has 25 heavy (non-hydrogen) atoms. The van der Waals surface area contributed by atoms with Crippen molar-refractivity contribution in [3.05, 3.63) is 12.2 Å². The summed E-state index contributed by atoms with van der Waals surface area (Å²) in [5.41, 5.74) is 5.34. The summed E-state index contributed by atoms with van der Waals surface area (Å²) in [5, 5.41) is 0. The molecule has 150 valence electrons. The Balaban J connectivity index is 3.04. The van der Waals surface area contributed by atoms with Crippen LogP contribution >= 0.6 is 0 Å². The Morgan fingerprint density at radius 2 is 1.04 bits per heavy atom. The van der Waals surface area contributed by atoms with E-state index in [0.717, 1.165) is 13.0 Å². The average molecular weight is 356 g/mol. The van der Waals surface area contributed by atoms with Crippen LogP contribution in [0.2, 0.25) is 0 Å². The summed E-state index contributed by atoms with van der Waals surface area (Å²) in [7, 11) is 0. The Morgan fingerprint density at radius 1 is 0.560 bits per heavy atom. The highest BCUT2D eigenvalue weighted by molar-refractivity contribution is 4.81. The molecular formula is C22H45NO2. The van der Waals surface area contributed by atoms with E-state index in [0.29, 0.717) is 26.4 Å². The molecule has 0 aliphatic heterocycles. The molecule has 0 amide bonds. The maximum Gasteiger partial charge on any atom is 0.0701 e. The van der Waals surface area contributed by atoms with Gasteiger partial charge in [-0.3, -0.25) is 0 Å². The zero-order valence-electron chi connectivity index (χ0n) is 17.0. The van der Waals surface area contributed by atoms with E-state index in [9.17, 15) is 0 Å². The van der Waals surface area contributed by atoms with E-state index in [4.69, 9.17) is 15.2 Å². The fourth-order valence-electron chi connectivity index (χ4n) is 2.86. The van der Waals surface area contributed by atoms with Crippen LogP contribution in [-0.2, 0) is 9.47 Å². The number of hydrogen-bond donors (Lipinski definition) is 1. The molecule has 0 rings (SSSR count). The average Bonchev–Trinajstić information content (AvgIpc) is 2.63. The van der Waals surface area contributed by atoms with Crippen LogP contribution in [0.1, 0.15) is 96.8 Å². The van der Waals surface area contributed by atoms with E-state index >= 15 is 0 Å². The fraction of sp³-hybridized carbons (Fsp3) is 0.909. The maximum atomic E-state index is 5.52. The second-order valence-electron chi connectivity index (χ2n) is 6.95. The van der Waals surface area contributed by atoms with E-state index in [1.807, 2.05) is 0 Å². The number of hydrogen-bond acceptors (Lipinski definition) is 3. The monoisotopic (exact) mass is 355 g/mol. The van der Waals surface area contributed by atoms with Crippen LogP contribution in [0, 0.1) is 0 Å². The molecule has 2 N–H and O–H groups in total. The highest BCUT2D eigenvalue weighted by Crippen LogP contribution is 2.11. The third-order valence-electron chi connectivity index (χ3n) is 4.43. The Bertz CT molecular complexity index is 256. The normalized spacial score (nSPS) is 11.6. The van der Waals surface area contributed by atoms with Crippen LogP contribution in [0.4, 0.5) is 0 Å². The second kappa shape index (κ2) is 23.6. The summed E-state index contributed by atoms with van der Waals surface area (Å²) in [6, 6.07) is 0. The predicted molar refractivity (Wildman–Crippen MR) is 110 cm³/mol. The zero-order chi connectivity index (χ0) is 18.3. The summed E-state index contributed by atoms with van der Waals surface area (Å²) < 4.78 is 10.8. The summed E-state index contributed by atoms with van der Waals surface area (Å²) >= 11 is 0. The van der Waals surface area contributed by atoms with Crippen LogP contribution in [0.15, 0.2) is 12.2 Å². The number of rotatable bonds is 21. The van der Waals surface area contributed by atoms with Gasteiger partial charge in [0, 0.05) is 13.2 Å². The van der Waals surface area contributed by atoms with Crippen molar-refractivity contribution < 1.29 is 9.47 Å². The molecule has 0 bridgehead atoms. The van der Waals surface area contributed by atoms with Crippen molar-refractivity contribution in [2.75, 3.05) is 33.0 Å². The molecule has 0 spiro atoms. The van der Waals surface area contributed by atoms with Crippen LogP contribution in [0.5, 0.6) is 0 Å². The minimum atomic E-state index is 0.590. The summed E-state index contributed by atoms with van der Waals surface area (Å²) in [6.07, 6.45) is 23.7. The zero-order valence-corrected chi connectivity index (χ0v) is 17.0. The molecule has 0 fully saturated rings. The van der Waals surface area contributed by atoms with Crippen LogP contribution in [0.25, 0.3) is 0 Å². The SMILES string of the molecule is CCCCCCCCCCC/C=C/CCCCCOCCOCCN. The van der Waals surface area contributed by atoms with Gasteiger partial charge in [0.2, 0.25) is 0 Å². The van der Waals surface area contributed by atoms with E-state index in [-0.39, 0.29) is 0 Å². The molecular weight excluding hydrogens is 310 g/mol. The first-order chi connectivity index (χ1) is 12.4. The van der Waals surface area contributed by atoms with Gasteiger partial charge in [0.05, 0.1) is 19.8 Å². The first-order valence-corrected chi connectivity index (χ1v) is 10.9. The molecule has 0 aromatic heterocycles. The Kier molecular flexibility index (Phi) is 23.3. The van der Waals surface area contributed by atoms with Crippen LogP contribution in [-0.4, -0.2) is 33.0 Å². The Hall–Kier alpha value is -0.380. The lowest BCUT2D eigenvalue weighted by Crippen LogP contribution is -2.12. The number of unbranched alkanes of at least 4 members (excludes halogenated alkanes) is 12. The number of allylic oxidation sites excluding steroid dienone is 2. The van der Waals surface area contributed by atoms with Crippen molar-refractivity contribution in [1.29, 1.82) is 0 Å². The van der Waals surface area contributed by atoms with Crippen molar-refractivity contribution in [1.82, 2.24) is 0 Å². The van der Waals surface area contributed by atoms with Crippen molar-refractivity contribution in [2.24, 2.45) is 5.73 Å². The lowest BCUT2D eigenvalue weighted by atomic mass is 10.1. The van der Waals surface area contributed by atoms with Crippen molar-refractivity contribution in [3.63, 3.8) is 0 Å². The van der Waals surface area contributed by atoms with Gasteiger partial charge in [0.25, 0.3) is 0 Å². The van der Waals surface area contributed by atoms with E-state index < -0.39 is 0 Å². The lowest BCUT2D eigenvalue weighted by molar-refractivity contribution is 0.0492. The third-order valence-corrected chi connectivity index (χ3v) is 4.43. The van der Waals surface area contributed by atoms with Crippen LogP contribution in [0.3, 0.4) is 0 Å². The van der Waals surface area contributed by atoms with Gasteiger partial charge in [-0.15, -0.1) is 0 Å². The molecule has 0 unspecified atom stereocenters. The molecule has 0 aromatic carbocycles. The van der Waals surface area contributed by atoms with Gasteiger partial charge >= 0.3 is 0 Å². The molecule has 3 heteroatoms. The Morgan fingerprint density at radius 3 is 1.60 bits per heavy atom. The van der Waals surface area contributed by atoms with E-state index in [1.165, 1.54) is 83.5 Å². The molecule has 0 heterocycles. The molecule has 0 aliphatic carbocycles. The maximum absolute atomic E-state index is 5.52. The Labute approximate surface area is 157 Å². The molecule has 0 radical (unpaired) electrons. The molecule has 0 aromatic rings. The first-order valence-electron chi connectivity index (χ1n) is 10.9. The van der Waals surface area contributed by atoms with Crippen LogP contribution < -0.4 is 5.73 Å². The largest absolute Gasteiger partial charge is 0.379 e. The van der Waals surface area contributed by atoms with Gasteiger partial charge in [0.1, 0.15) is 0 Å². The van der Waals surface area contributed by atoms with Gasteiger partial charge in [-0.2, -0.15) is 0 Å². The second-order valence-corrected chi connectivity index (χ2v) is 6.95. The van der Waals surface area contributed by atoms with E-state index in [2.05, 4.69) is 19.1 Å². The lowest BCUT2D eigenvalue weighted by Gasteiger charge is -2.04. The van der Waals surface area contributed by atoms with Crippen molar-refractivity contribution in [3.8, 4) is 0 Å². The summed E-state index contributed by atoms with van der Waals surface area (Å²) in [6.45, 7) is 5.72. The smallest absolute Gasteiger partial charge is 0.0701 e. The standard InChI is InChI=1S/C22H45NO2/c1-2-3-4-5-6-7-8-9-10-11-12-13-14-15-16-17-19-24-21-22-25-20-18-23/h12-13H,2-11,14-23H2,1H3/b13-12+.